The molecule has 0 saturated carbocycles. The fourth-order valence-corrected chi connectivity index (χ4v) is 1.68. The Kier molecular flexibility index (Phi) is 3.72. The number of benzene rings is 1. The van der Waals surface area contributed by atoms with E-state index in [-0.39, 0.29) is 11.9 Å². The molecule has 0 saturated heterocycles. The summed E-state index contributed by atoms with van der Waals surface area (Å²) < 4.78 is 5.80. The number of carbonyl (C=O) groups excluding carboxylic acids is 1. The van der Waals surface area contributed by atoms with Gasteiger partial charge in [-0.3, -0.25) is 9.78 Å². The van der Waals surface area contributed by atoms with Gasteiger partial charge in [0.25, 0.3) is 0 Å². The van der Waals surface area contributed by atoms with Crippen molar-refractivity contribution in [1.82, 2.24) is 4.98 Å². The first-order valence-corrected chi connectivity index (χ1v) is 5.84. The molecule has 0 aliphatic carbocycles. The lowest BCUT2D eigenvalue weighted by Crippen LogP contribution is -2.04. The van der Waals surface area contributed by atoms with E-state index in [1.807, 2.05) is 31.2 Å². The largest absolute Gasteiger partial charge is 0.486 e. The van der Waals surface area contributed by atoms with Gasteiger partial charge in [0, 0.05) is 23.5 Å². The second kappa shape index (κ2) is 5.45. The van der Waals surface area contributed by atoms with Gasteiger partial charge in [-0.05, 0) is 32.0 Å². The van der Waals surface area contributed by atoms with Gasteiger partial charge in [-0.15, -0.1) is 0 Å². The molecule has 1 heterocycles. The van der Waals surface area contributed by atoms with Crippen molar-refractivity contribution in [2.45, 2.75) is 20.0 Å². The molecule has 3 heteroatoms. The fraction of sp³-hybridized carbons (Fsp3) is 0.200. The molecule has 0 bridgehead atoms. The summed E-state index contributed by atoms with van der Waals surface area (Å²) in [5.74, 6) is 0.730. The highest BCUT2D eigenvalue weighted by atomic mass is 16.5. The predicted molar refractivity (Wildman–Crippen MR) is 69.7 cm³/mol. The molecule has 18 heavy (non-hydrogen) atoms. The minimum absolute atomic E-state index is 0.0366. The summed E-state index contributed by atoms with van der Waals surface area (Å²) in [5, 5.41) is 0. The van der Waals surface area contributed by atoms with Crippen molar-refractivity contribution in [2.75, 3.05) is 0 Å². The molecule has 0 N–H and O–H groups in total. The smallest absolute Gasteiger partial charge is 0.159 e. The SMILES string of the molecule is CC(=O)c1cccc(OC(C)c2cccnc2)c1. The van der Waals surface area contributed by atoms with E-state index in [1.54, 1.807) is 31.5 Å². The minimum atomic E-state index is -0.0964. The first-order valence-electron chi connectivity index (χ1n) is 5.84. The van der Waals surface area contributed by atoms with Crippen LogP contribution in [0.3, 0.4) is 0 Å². The van der Waals surface area contributed by atoms with Crippen molar-refractivity contribution in [3.8, 4) is 5.75 Å². The van der Waals surface area contributed by atoms with E-state index < -0.39 is 0 Å². The van der Waals surface area contributed by atoms with Crippen molar-refractivity contribution < 1.29 is 9.53 Å². The molecule has 0 spiro atoms. The third-order valence-electron chi connectivity index (χ3n) is 2.71. The highest BCUT2D eigenvalue weighted by molar-refractivity contribution is 5.94. The second-order valence-electron chi connectivity index (χ2n) is 4.13. The Morgan fingerprint density at radius 1 is 1.28 bits per heavy atom. The molecule has 2 aromatic rings. The van der Waals surface area contributed by atoms with Crippen molar-refractivity contribution in [2.24, 2.45) is 0 Å². The van der Waals surface area contributed by atoms with Gasteiger partial charge >= 0.3 is 0 Å². The van der Waals surface area contributed by atoms with Crippen molar-refractivity contribution in [1.29, 1.82) is 0 Å². The van der Waals surface area contributed by atoms with E-state index in [9.17, 15) is 4.79 Å². The first kappa shape index (κ1) is 12.3. The molecular weight excluding hydrogens is 226 g/mol. The summed E-state index contributed by atoms with van der Waals surface area (Å²) >= 11 is 0. The molecule has 1 atom stereocenters. The van der Waals surface area contributed by atoms with Crippen molar-refractivity contribution in [3.05, 3.63) is 59.9 Å². The first-order chi connectivity index (χ1) is 8.66. The van der Waals surface area contributed by atoms with Crippen LogP contribution in [0.5, 0.6) is 5.75 Å². The molecule has 1 unspecified atom stereocenters. The topological polar surface area (TPSA) is 39.2 Å². The van der Waals surface area contributed by atoms with E-state index in [1.165, 1.54) is 0 Å². The number of ether oxygens (including phenoxy) is 1. The Morgan fingerprint density at radius 2 is 2.11 bits per heavy atom. The summed E-state index contributed by atoms with van der Waals surface area (Å²) in [6.45, 7) is 3.50. The zero-order valence-corrected chi connectivity index (χ0v) is 10.5. The van der Waals surface area contributed by atoms with Crippen LogP contribution in [-0.4, -0.2) is 10.8 Å². The van der Waals surface area contributed by atoms with Gasteiger partial charge in [-0.1, -0.05) is 18.2 Å². The fourth-order valence-electron chi connectivity index (χ4n) is 1.68. The minimum Gasteiger partial charge on any atom is -0.486 e. The maximum absolute atomic E-state index is 11.3. The Morgan fingerprint density at radius 3 is 2.78 bits per heavy atom. The number of aromatic nitrogens is 1. The highest BCUT2D eigenvalue weighted by Crippen LogP contribution is 2.22. The van der Waals surface area contributed by atoms with E-state index in [4.69, 9.17) is 4.74 Å². The van der Waals surface area contributed by atoms with Crippen LogP contribution in [0.1, 0.15) is 35.9 Å². The molecule has 92 valence electrons. The zero-order chi connectivity index (χ0) is 13.0. The molecular formula is C15H15NO2. The summed E-state index contributed by atoms with van der Waals surface area (Å²) in [6, 6.07) is 11.0. The van der Waals surface area contributed by atoms with Crippen LogP contribution < -0.4 is 4.74 Å². The monoisotopic (exact) mass is 241 g/mol. The average Bonchev–Trinajstić information content (AvgIpc) is 2.40. The van der Waals surface area contributed by atoms with Crippen LogP contribution in [0.4, 0.5) is 0 Å². The number of rotatable bonds is 4. The van der Waals surface area contributed by atoms with Gasteiger partial charge in [-0.25, -0.2) is 0 Å². The molecule has 2 rings (SSSR count). The van der Waals surface area contributed by atoms with Gasteiger partial charge in [-0.2, -0.15) is 0 Å². The van der Waals surface area contributed by atoms with E-state index in [2.05, 4.69) is 4.98 Å². The summed E-state index contributed by atoms with van der Waals surface area (Å²) in [6.07, 6.45) is 3.41. The number of pyridine rings is 1. The van der Waals surface area contributed by atoms with E-state index in [0.717, 1.165) is 5.56 Å². The molecule has 1 aromatic heterocycles. The maximum atomic E-state index is 11.3. The standard InChI is InChI=1S/C15H15NO2/c1-11(17)13-5-3-7-15(9-13)18-12(2)14-6-4-8-16-10-14/h3-10,12H,1-2H3. The third kappa shape index (κ3) is 2.94. The number of carbonyl (C=O) groups is 1. The summed E-state index contributed by atoms with van der Waals surface area (Å²) in [4.78, 5) is 15.3. The van der Waals surface area contributed by atoms with Crippen LogP contribution in [0.2, 0.25) is 0 Å². The Balaban J connectivity index is 2.14. The van der Waals surface area contributed by atoms with Crippen LogP contribution in [0.25, 0.3) is 0 Å². The van der Waals surface area contributed by atoms with Crippen molar-refractivity contribution in [3.63, 3.8) is 0 Å². The number of hydrogen-bond donors (Lipinski definition) is 0. The lowest BCUT2D eigenvalue weighted by atomic mass is 10.1. The van der Waals surface area contributed by atoms with Crippen molar-refractivity contribution >= 4 is 5.78 Å². The van der Waals surface area contributed by atoms with E-state index in [0.29, 0.717) is 11.3 Å². The highest BCUT2D eigenvalue weighted by Gasteiger charge is 2.08. The Hall–Kier alpha value is -2.16. The number of hydrogen-bond acceptors (Lipinski definition) is 3. The lowest BCUT2D eigenvalue weighted by molar-refractivity contribution is 0.101. The van der Waals surface area contributed by atoms with Gasteiger partial charge in [0.1, 0.15) is 11.9 Å². The maximum Gasteiger partial charge on any atom is 0.159 e. The Bertz CT molecular complexity index is 537. The summed E-state index contributed by atoms with van der Waals surface area (Å²) in [7, 11) is 0. The second-order valence-corrected chi connectivity index (χ2v) is 4.13. The molecule has 0 aliphatic rings. The number of Topliss-reactive ketones (excluding diaryl/α,β-unsaturated/α-hetero) is 1. The molecule has 1 aromatic carbocycles. The number of ketones is 1. The normalized spacial score (nSPS) is 11.9. The summed E-state index contributed by atoms with van der Waals surface area (Å²) in [5.41, 5.74) is 1.66. The van der Waals surface area contributed by atoms with Crippen LogP contribution in [0.15, 0.2) is 48.8 Å². The third-order valence-corrected chi connectivity index (χ3v) is 2.71. The van der Waals surface area contributed by atoms with Crippen LogP contribution >= 0.6 is 0 Å². The quantitative estimate of drug-likeness (QED) is 0.770. The molecule has 0 fully saturated rings. The molecule has 0 radical (unpaired) electrons. The van der Waals surface area contributed by atoms with Crippen LogP contribution in [0, 0.1) is 0 Å². The molecule has 3 nitrogen and oxygen atoms in total. The molecule has 0 amide bonds. The van der Waals surface area contributed by atoms with Gasteiger partial charge < -0.3 is 4.74 Å². The van der Waals surface area contributed by atoms with Gasteiger partial charge in [0.2, 0.25) is 0 Å². The average molecular weight is 241 g/mol. The number of nitrogens with zero attached hydrogens (tertiary/aromatic N) is 1. The van der Waals surface area contributed by atoms with E-state index >= 15 is 0 Å². The predicted octanol–water partition coefficient (Wildman–Crippen LogP) is 3.42. The molecule has 0 aliphatic heterocycles. The zero-order valence-electron chi connectivity index (χ0n) is 10.5. The van der Waals surface area contributed by atoms with Gasteiger partial charge in [0.15, 0.2) is 5.78 Å². The Labute approximate surface area is 106 Å². The van der Waals surface area contributed by atoms with Gasteiger partial charge in [0.05, 0.1) is 0 Å². The lowest BCUT2D eigenvalue weighted by Gasteiger charge is -2.15. The van der Waals surface area contributed by atoms with Crippen LogP contribution in [-0.2, 0) is 0 Å².